The number of halogens is 1. The summed E-state index contributed by atoms with van der Waals surface area (Å²) in [5, 5.41) is 6.45. The van der Waals surface area contributed by atoms with Crippen LogP contribution >= 0.6 is 15.9 Å². The van der Waals surface area contributed by atoms with E-state index in [0.717, 1.165) is 10.0 Å². The first-order valence-electron chi connectivity index (χ1n) is 5.96. The number of aromatic nitrogens is 3. The van der Waals surface area contributed by atoms with E-state index in [2.05, 4.69) is 31.1 Å². The van der Waals surface area contributed by atoms with Gasteiger partial charge in [0.25, 0.3) is 5.56 Å². The molecule has 0 fully saturated rings. The first-order chi connectivity index (χ1) is 9.72. The highest BCUT2D eigenvalue weighted by atomic mass is 79.9. The van der Waals surface area contributed by atoms with Gasteiger partial charge in [-0.3, -0.25) is 4.79 Å². The molecule has 0 aliphatic heterocycles. The number of nitrogens with zero attached hydrogens (tertiary/aromatic N) is 2. The zero-order valence-electron chi connectivity index (χ0n) is 10.3. The molecule has 0 unspecified atom stereocenters. The van der Waals surface area contributed by atoms with Crippen LogP contribution in [0, 0.1) is 0 Å². The van der Waals surface area contributed by atoms with Crippen molar-refractivity contribution in [1.29, 1.82) is 0 Å². The molecule has 6 heteroatoms. The molecule has 3 rings (SSSR count). The molecule has 0 saturated heterocycles. The molecule has 0 saturated carbocycles. The van der Waals surface area contributed by atoms with Gasteiger partial charge in [-0.25, -0.2) is 10.1 Å². The molecule has 0 aliphatic rings. The Labute approximate surface area is 122 Å². The molecule has 0 bridgehead atoms. The second kappa shape index (κ2) is 5.42. The Kier molecular flexibility index (Phi) is 3.47. The van der Waals surface area contributed by atoms with E-state index >= 15 is 0 Å². The molecule has 2 heterocycles. The van der Waals surface area contributed by atoms with Crippen LogP contribution in [-0.2, 0) is 6.42 Å². The first kappa shape index (κ1) is 12.8. The summed E-state index contributed by atoms with van der Waals surface area (Å²) in [7, 11) is 0. The summed E-state index contributed by atoms with van der Waals surface area (Å²) in [6, 6.07) is 11.2. The number of hydrogen-bond donors (Lipinski definition) is 1. The Morgan fingerprint density at radius 1 is 1.25 bits per heavy atom. The zero-order chi connectivity index (χ0) is 13.9. The van der Waals surface area contributed by atoms with E-state index in [4.69, 9.17) is 4.42 Å². The van der Waals surface area contributed by atoms with E-state index in [1.54, 1.807) is 18.4 Å². The number of H-pyrrole nitrogens is 1. The summed E-state index contributed by atoms with van der Waals surface area (Å²) in [6.07, 6.45) is 1.91. The third-order valence-electron chi connectivity index (χ3n) is 2.77. The van der Waals surface area contributed by atoms with Crippen LogP contribution in [0.25, 0.3) is 11.4 Å². The van der Waals surface area contributed by atoms with Gasteiger partial charge in [0.1, 0.15) is 11.5 Å². The summed E-state index contributed by atoms with van der Waals surface area (Å²) < 4.78 is 6.16. The van der Waals surface area contributed by atoms with Crippen molar-refractivity contribution in [2.24, 2.45) is 0 Å². The van der Waals surface area contributed by atoms with Crippen molar-refractivity contribution in [2.45, 2.75) is 6.42 Å². The van der Waals surface area contributed by atoms with Crippen LogP contribution in [0.5, 0.6) is 0 Å². The summed E-state index contributed by atoms with van der Waals surface area (Å²) in [5.41, 5.74) is 0.904. The molecule has 3 aromatic rings. The lowest BCUT2D eigenvalue weighted by molar-refractivity contribution is 0.518. The highest BCUT2D eigenvalue weighted by Gasteiger charge is 2.09. The standard InChI is InChI=1S/C14H10BrN3O2/c15-10-4-1-3-9(7-10)13-16-12(14(19)18-17-13)8-11-5-2-6-20-11/h1-7H,8H2,(H,18,19). The predicted octanol–water partition coefficient (Wildman–Crippen LogP) is 2.78. The quantitative estimate of drug-likeness (QED) is 0.801. The van der Waals surface area contributed by atoms with Crippen molar-refractivity contribution in [1.82, 2.24) is 15.2 Å². The molecule has 1 aromatic carbocycles. The second-order valence-electron chi connectivity index (χ2n) is 4.20. The van der Waals surface area contributed by atoms with Gasteiger partial charge in [0.05, 0.1) is 12.7 Å². The number of hydrogen-bond acceptors (Lipinski definition) is 4. The molecule has 20 heavy (non-hydrogen) atoms. The minimum Gasteiger partial charge on any atom is -0.469 e. The summed E-state index contributed by atoms with van der Waals surface area (Å²) in [6.45, 7) is 0. The van der Waals surface area contributed by atoms with Crippen LogP contribution in [-0.4, -0.2) is 15.2 Å². The third kappa shape index (κ3) is 2.70. The molecule has 5 nitrogen and oxygen atoms in total. The van der Waals surface area contributed by atoms with Crippen molar-refractivity contribution >= 4 is 15.9 Å². The minimum absolute atomic E-state index is 0.305. The molecule has 0 atom stereocenters. The maximum Gasteiger partial charge on any atom is 0.286 e. The Bertz CT molecular complexity index is 781. The van der Waals surface area contributed by atoms with Gasteiger partial charge in [-0.2, -0.15) is 5.10 Å². The van der Waals surface area contributed by atoms with Crippen LogP contribution < -0.4 is 5.56 Å². The number of furan rings is 1. The third-order valence-corrected chi connectivity index (χ3v) is 3.26. The molecule has 0 aliphatic carbocycles. The van der Waals surface area contributed by atoms with Crippen LogP contribution in [0.1, 0.15) is 11.5 Å². The van der Waals surface area contributed by atoms with E-state index in [1.165, 1.54) is 0 Å². The fourth-order valence-corrected chi connectivity index (χ4v) is 2.23. The number of benzene rings is 1. The largest absolute Gasteiger partial charge is 0.469 e. The molecule has 100 valence electrons. The maximum atomic E-state index is 11.8. The van der Waals surface area contributed by atoms with Crippen molar-refractivity contribution in [3.05, 3.63) is 68.9 Å². The first-order valence-corrected chi connectivity index (χ1v) is 6.75. The lowest BCUT2D eigenvalue weighted by Gasteiger charge is -2.02. The van der Waals surface area contributed by atoms with Crippen LogP contribution in [0.4, 0.5) is 0 Å². The molecular formula is C14H10BrN3O2. The van der Waals surface area contributed by atoms with Crippen molar-refractivity contribution in [3.63, 3.8) is 0 Å². The van der Waals surface area contributed by atoms with Crippen molar-refractivity contribution in [3.8, 4) is 11.4 Å². The van der Waals surface area contributed by atoms with Gasteiger partial charge in [-0.05, 0) is 24.3 Å². The van der Waals surface area contributed by atoms with Crippen molar-refractivity contribution < 1.29 is 4.42 Å². The van der Waals surface area contributed by atoms with Gasteiger partial charge >= 0.3 is 0 Å². The number of rotatable bonds is 3. The maximum absolute atomic E-state index is 11.8. The Hall–Kier alpha value is -2.21. The summed E-state index contributed by atoms with van der Waals surface area (Å²) in [4.78, 5) is 16.1. The second-order valence-corrected chi connectivity index (χ2v) is 5.12. The smallest absolute Gasteiger partial charge is 0.286 e. The highest BCUT2D eigenvalue weighted by molar-refractivity contribution is 9.10. The molecule has 0 spiro atoms. The molecule has 2 aromatic heterocycles. The monoisotopic (exact) mass is 331 g/mol. The van der Waals surface area contributed by atoms with E-state index < -0.39 is 0 Å². The van der Waals surface area contributed by atoms with Gasteiger partial charge in [-0.1, -0.05) is 28.1 Å². The average molecular weight is 332 g/mol. The van der Waals surface area contributed by atoms with E-state index in [-0.39, 0.29) is 5.56 Å². The SMILES string of the molecule is O=c1[nH]nc(-c2cccc(Br)c2)nc1Cc1ccco1. The normalized spacial score (nSPS) is 10.7. The minimum atomic E-state index is -0.305. The van der Waals surface area contributed by atoms with Crippen LogP contribution in [0.15, 0.2) is 56.3 Å². The molecule has 0 amide bonds. The van der Waals surface area contributed by atoms with Gasteiger partial charge in [0.2, 0.25) is 0 Å². The van der Waals surface area contributed by atoms with Gasteiger partial charge in [0.15, 0.2) is 5.82 Å². The fraction of sp³-hybridized carbons (Fsp3) is 0.0714. The number of nitrogens with one attached hydrogen (secondary N) is 1. The average Bonchev–Trinajstić information content (AvgIpc) is 2.94. The molecule has 0 radical (unpaired) electrons. The van der Waals surface area contributed by atoms with Crippen LogP contribution in [0.2, 0.25) is 0 Å². The zero-order valence-corrected chi connectivity index (χ0v) is 11.9. The van der Waals surface area contributed by atoms with Gasteiger partial charge in [0, 0.05) is 10.0 Å². The predicted molar refractivity (Wildman–Crippen MR) is 77.3 cm³/mol. The topological polar surface area (TPSA) is 71.8 Å². The van der Waals surface area contributed by atoms with Crippen LogP contribution in [0.3, 0.4) is 0 Å². The molecule has 1 N–H and O–H groups in total. The summed E-state index contributed by atoms with van der Waals surface area (Å²) >= 11 is 3.40. The lowest BCUT2D eigenvalue weighted by Crippen LogP contribution is -2.17. The Morgan fingerprint density at radius 3 is 2.90 bits per heavy atom. The van der Waals surface area contributed by atoms with E-state index in [9.17, 15) is 4.79 Å². The van der Waals surface area contributed by atoms with E-state index in [0.29, 0.717) is 23.7 Å². The van der Waals surface area contributed by atoms with E-state index in [1.807, 2.05) is 24.3 Å². The molecular weight excluding hydrogens is 322 g/mol. The Balaban J connectivity index is 2.00. The van der Waals surface area contributed by atoms with Crippen molar-refractivity contribution in [2.75, 3.05) is 0 Å². The fourth-order valence-electron chi connectivity index (χ4n) is 1.83. The highest BCUT2D eigenvalue weighted by Crippen LogP contribution is 2.19. The van der Waals surface area contributed by atoms with Gasteiger partial charge < -0.3 is 4.42 Å². The summed E-state index contributed by atoms with van der Waals surface area (Å²) in [5.74, 6) is 1.17. The lowest BCUT2D eigenvalue weighted by atomic mass is 10.2. The van der Waals surface area contributed by atoms with Gasteiger partial charge in [-0.15, -0.1) is 0 Å². The number of aromatic amines is 1. The Morgan fingerprint density at radius 2 is 2.15 bits per heavy atom.